The SMILES string of the molecule is CC(C)S(=O)(=O)NCC(c1ccccc1)N(C)C. The molecule has 0 radical (unpaired) electrons. The number of benzene rings is 1. The molecule has 1 atom stereocenters. The molecule has 4 nitrogen and oxygen atoms in total. The Balaban J connectivity index is 2.78. The molecule has 0 amide bonds. The van der Waals surface area contributed by atoms with Gasteiger partial charge in [0.25, 0.3) is 0 Å². The highest BCUT2D eigenvalue weighted by Crippen LogP contribution is 2.17. The van der Waals surface area contributed by atoms with E-state index in [1.807, 2.05) is 49.3 Å². The summed E-state index contributed by atoms with van der Waals surface area (Å²) in [5.41, 5.74) is 1.11. The van der Waals surface area contributed by atoms with Gasteiger partial charge in [-0.1, -0.05) is 30.3 Å². The molecule has 0 aromatic heterocycles. The van der Waals surface area contributed by atoms with Gasteiger partial charge in [0.15, 0.2) is 0 Å². The highest BCUT2D eigenvalue weighted by atomic mass is 32.2. The van der Waals surface area contributed by atoms with Gasteiger partial charge in [-0.05, 0) is 33.5 Å². The van der Waals surface area contributed by atoms with Crippen LogP contribution in [0.4, 0.5) is 0 Å². The van der Waals surface area contributed by atoms with Gasteiger partial charge in [-0.3, -0.25) is 0 Å². The fourth-order valence-corrected chi connectivity index (χ4v) is 2.36. The zero-order chi connectivity index (χ0) is 13.8. The lowest BCUT2D eigenvalue weighted by Crippen LogP contribution is -2.37. The maximum Gasteiger partial charge on any atom is 0.213 e. The van der Waals surface area contributed by atoms with E-state index in [1.165, 1.54) is 0 Å². The third-order valence-electron chi connectivity index (χ3n) is 2.91. The molecule has 0 fully saturated rings. The van der Waals surface area contributed by atoms with E-state index in [2.05, 4.69) is 4.72 Å². The number of sulfonamides is 1. The van der Waals surface area contributed by atoms with E-state index in [0.717, 1.165) is 5.56 Å². The molecule has 1 aromatic rings. The third-order valence-corrected chi connectivity index (χ3v) is 4.72. The third kappa shape index (κ3) is 4.08. The van der Waals surface area contributed by atoms with Gasteiger partial charge >= 0.3 is 0 Å². The number of rotatable bonds is 6. The van der Waals surface area contributed by atoms with Crippen molar-refractivity contribution in [1.29, 1.82) is 0 Å². The smallest absolute Gasteiger partial charge is 0.213 e. The maximum absolute atomic E-state index is 11.8. The van der Waals surface area contributed by atoms with Gasteiger partial charge in [0.05, 0.1) is 5.25 Å². The van der Waals surface area contributed by atoms with Gasteiger partial charge in [-0.25, -0.2) is 13.1 Å². The summed E-state index contributed by atoms with van der Waals surface area (Å²) in [6, 6.07) is 9.93. The van der Waals surface area contributed by atoms with Crippen LogP contribution in [0.5, 0.6) is 0 Å². The van der Waals surface area contributed by atoms with E-state index >= 15 is 0 Å². The average Bonchev–Trinajstić information content (AvgIpc) is 2.29. The van der Waals surface area contributed by atoms with E-state index in [1.54, 1.807) is 13.8 Å². The van der Waals surface area contributed by atoms with E-state index in [-0.39, 0.29) is 6.04 Å². The molecule has 1 N–H and O–H groups in total. The zero-order valence-corrected chi connectivity index (χ0v) is 12.2. The Morgan fingerprint density at radius 3 is 2.17 bits per heavy atom. The molecule has 18 heavy (non-hydrogen) atoms. The van der Waals surface area contributed by atoms with Crippen LogP contribution in [0.25, 0.3) is 0 Å². The van der Waals surface area contributed by atoms with E-state index in [4.69, 9.17) is 0 Å². The molecule has 0 saturated carbocycles. The molecule has 0 aliphatic heterocycles. The quantitative estimate of drug-likeness (QED) is 0.854. The summed E-state index contributed by atoms with van der Waals surface area (Å²) in [6.45, 7) is 3.74. The summed E-state index contributed by atoms with van der Waals surface area (Å²) in [5, 5.41) is -0.406. The molecule has 0 aliphatic rings. The Morgan fingerprint density at radius 1 is 1.17 bits per heavy atom. The van der Waals surface area contributed by atoms with Gasteiger partial charge in [-0.15, -0.1) is 0 Å². The summed E-state index contributed by atoms with van der Waals surface area (Å²) in [4.78, 5) is 2.01. The van der Waals surface area contributed by atoms with Gasteiger partial charge in [0, 0.05) is 12.6 Å². The van der Waals surface area contributed by atoms with Crippen LogP contribution >= 0.6 is 0 Å². The van der Waals surface area contributed by atoms with Crippen molar-refractivity contribution in [3.8, 4) is 0 Å². The molecule has 0 heterocycles. The summed E-state index contributed by atoms with van der Waals surface area (Å²) in [6.07, 6.45) is 0. The Bertz CT molecular complexity index is 455. The van der Waals surface area contributed by atoms with Gasteiger partial charge in [0.2, 0.25) is 10.0 Å². The van der Waals surface area contributed by atoms with Crippen molar-refractivity contribution in [2.75, 3.05) is 20.6 Å². The van der Waals surface area contributed by atoms with Crippen molar-refractivity contribution in [3.05, 3.63) is 35.9 Å². The molecule has 1 rings (SSSR count). The zero-order valence-electron chi connectivity index (χ0n) is 11.4. The van der Waals surface area contributed by atoms with Crippen molar-refractivity contribution < 1.29 is 8.42 Å². The first-order valence-corrected chi connectivity index (χ1v) is 7.59. The summed E-state index contributed by atoms with van der Waals surface area (Å²) in [5.74, 6) is 0. The maximum atomic E-state index is 11.8. The second-order valence-electron chi connectivity index (χ2n) is 4.83. The first kappa shape index (κ1) is 15.1. The lowest BCUT2D eigenvalue weighted by Gasteiger charge is -2.25. The van der Waals surface area contributed by atoms with Crippen LogP contribution < -0.4 is 4.72 Å². The molecule has 0 aliphatic carbocycles. The largest absolute Gasteiger partial charge is 0.301 e. The molecule has 102 valence electrons. The Labute approximate surface area is 110 Å². The predicted molar refractivity (Wildman–Crippen MR) is 74.9 cm³/mol. The minimum Gasteiger partial charge on any atom is -0.301 e. The second kappa shape index (κ2) is 6.31. The van der Waals surface area contributed by atoms with E-state index < -0.39 is 15.3 Å². The topological polar surface area (TPSA) is 49.4 Å². The van der Waals surface area contributed by atoms with Crippen molar-refractivity contribution in [2.45, 2.75) is 25.1 Å². The van der Waals surface area contributed by atoms with Crippen LogP contribution in [-0.2, 0) is 10.0 Å². The Morgan fingerprint density at radius 2 is 1.72 bits per heavy atom. The monoisotopic (exact) mass is 270 g/mol. The number of nitrogens with one attached hydrogen (secondary N) is 1. The lowest BCUT2D eigenvalue weighted by atomic mass is 10.1. The first-order chi connectivity index (χ1) is 8.34. The van der Waals surface area contributed by atoms with Crippen LogP contribution in [-0.4, -0.2) is 39.2 Å². The van der Waals surface area contributed by atoms with Gasteiger partial charge < -0.3 is 4.90 Å². The number of likely N-dealkylation sites (N-methyl/N-ethyl adjacent to an activating group) is 1. The highest BCUT2D eigenvalue weighted by Gasteiger charge is 2.20. The molecule has 1 aromatic carbocycles. The lowest BCUT2D eigenvalue weighted by molar-refractivity contribution is 0.299. The van der Waals surface area contributed by atoms with Crippen molar-refractivity contribution in [3.63, 3.8) is 0 Å². The predicted octanol–water partition coefficient (Wildman–Crippen LogP) is 1.62. The molecule has 1 unspecified atom stereocenters. The summed E-state index contributed by atoms with van der Waals surface area (Å²) >= 11 is 0. The van der Waals surface area contributed by atoms with Crippen LogP contribution in [0.1, 0.15) is 25.5 Å². The number of hydrogen-bond acceptors (Lipinski definition) is 3. The molecule has 5 heteroatoms. The van der Waals surface area contributed by atoms with Gasteiger partial charge in [-0.2, -0.15) is 0 Å². The molecule has 0 saturated heterocycles. The van der Waals surface area contributed by atoms with E-state index in [0.29, 0.717) is 6.54 Å². The standard InChI is InChI=1S/C13H22N2O2S/c1-11(2)18(16,17)14-10-13(15(3)4)12-8-6-5-7-9-12/h5-9,11,13-14H,10H2,1-4H3. The van der Waals surface area contributed by atoms with Crippen LogP contribution in [0.3, 0.4) is 0 Å². The normalized spacial score (nSPS) is 14.1. The van der Waals surface area contributed by atoms with Crippen LogP contribution in [0.15, 0.2) is 30.3 Å². The number of nitrogens with zero attached hydrogens (tertiary/aromatic N) is 1. The Hall–Kier alpha value is -0.910. The summed E-state index contributed by atoms with van der Waals surface area (Å²) < 4.78 is 26.2. The Kier molecular flexibility index (Phi) is 5.31. The second-order valence-corrected chi connectivity index (χ2v) is 7.15. The van der Waals surface area contributed by atoms with Crippen LogP contribution in [0.2, 0.25) is 0 Å². The first-order valence-electron chi connectivity index (χ1n) is 6.04. The highest BCUT2D eigenvalue weighted by molar-refractivity contribution is 7.90. The number of hydrogen-bond donors (Lipinski definition) is 1. The van der Waals surface area contributed by atoms with Crippen molar-refractivity contribution >= 4 is 10.0 Å². The van der Waals surface area contributed by atoms with E-state index in [9.17, 15) is 8.42 Å². The molecule has 0 bridgehead atoms. The minimum absolute atomic E-state index is 0.0414. The molecular formula is C13H22N2O2S. The van der Waals surface area contributed by atoms with Crippen LogP contribution in [0, 0.1) is 0 Å². The van der Waals surface area contributed by atoms with Crippen molar-refractivity contribution in [2.24, 2.45) is 0 Å². The fraction of sp³-hybridized carbons (Fsp3) is 0.538. The average molecular weight is 270 g/mol. The fourth-order valence-electron chi connectivity index (χ4n) is 1.64. The molecular weight excluding hydrogens is 248 g/mol. The van der Waals surface area contributed by atoms with Crippen molar-refractivity contribution in [1.82, 2.24) is 9.62 Å². The summed E-state index contributed by atoms with van der Waals surface area (Å²) in [7, 11) is 0.680. The van der Waals surface area contributed by atoms with Gasteiger partial charge in [0.1, 0.15) is 0 Å². The minimum atomic E-state index is -3.21. The molecule has 0 spiro atoms.